The summed E-state index contributed by atoms with van der Waals surface area (Å²) in [5.41, 5.74) is 0.926. The third kappa shape index (κ3) is 4.25. The lowest BCUT2D eigenvalue weighted by molar-refractivity contribution is -0.136. The zero-order valence-corrected chi connectivity index (χ0v) is 17.8. The molecule has 0 aliphatic carbocycles. The van der Waals surface area contributed by atoms with Gasteiger partial charge in [0, 0.05) is 33.1 Å². The van der Waals surface area contributed by atoms with Crippen molar-refractivity contribution in [3.05, 3.63) is 46.7 Å². The summed E-state index contributed by atoms with van der Waals surface area (Å²) in [6.07, 6.45) is 2.77. The second kappa shape index (κ2) is 8.12. The standard InChI is InChI=1S/C18H23BrN4O3S/c1-21(13-17-16(19)12-20-22(17)2)18(24)14-8-10-23(11-9-14)27(25,26)15-6-4-3-5-7-15/h3-7,12,14H,8-11,13H2,1-2H3. The van der Waals surface area contributed by atoms with Crippen LogP contribution in [0, 0.1) is 5.92 Å². The van der Waals surface area contributed by atoms with Gasteiger partial charge in [-0.2, -0.15) is 9.40 Å². The molecule has 27 heavy (non-hydrogen) atoms. The van der Waals surface area contributed by atoms with Crippen molar-refractivity contribution in [1.82, 2.24) is 19.0 Å². The third-order valence-corrected chi connectivity index (χ3v) is 7.53. The van der Waals surface area contributed by atoms with Gasteiger partial charge in [-0.1, -0.05) is 18.2 Å². The minimum Gasteiger partial charge on any atom is -0.340 e. The highest BCUT2D eigenvalue weighted by atomic mass is 79.9. The molecule has 9 heteroatoms. The summed E-state index contributed by atoms with van der Waals surface area (Å²) in [5.74, 6) is -0.121. The Kier molecular flexibility index (Phi) is 6.02. The average molecular weight is 455 g/mol. The monoisotopic (exact) mass is 454 g/mol. The quantitative estimate of drug-likeness (QED) is 0.693. The number of carbonyl (C=O) groups excluding carboxylic acids is 1. The van der Waals surface area contributed by atoms with Gasteiger partial charge in [-0.15, -0.1) is 0 Å². The van der Waals surface area contributed by atoms with Gasteiger partial charge in [-0.3, -0.25) is 9.48 Å². The molecule has 1 amide bonds. The summed E-state index contributed by atoms with van der Waals surface area (Å²) in [7, 11) is 0.118. The SMILES string of the molecule is CN(Cc1c(Br)cnn1C)C(=O)C1CCN(S(=O)(=O)c2ccccc2)CC1. The fourth-order valence-electron chi connectivity index (χ4n) is 3.31. The summed E-state index contributed by atoms with van der Waals surface area (Å²) in [5, 5.41) is 4.17. The zero-order valence-electron chi connectivity index (χ0n) is 15.4. The second-order valence-electron chi connectivity index (χ2n) is 6.75. The number of aryl methyl sites for hydroxylation is 1. The van der Waals surface area contributed by atoms with Crippen LogP contribution in [0.15, 0.2) is 45.9 Å². The molecule has 1 aromatic heterocycles. The smallest absolute Gasteiger partial charge is 0.243 e. The van der Waals surface area contributed by atoms with E-state index in [1.807, 2.05) is 7.05 Å². The first-order chi connectivity index (χ1) is 12.8. The van der Waals surface area contributed by atoms with Gasteiger partial charge in [0.1, 0.15) is 0 Å². The van der Waals surface area contributed by atoms with Crippen molar-refractivity contribution in [2.75, 3.05) is 20.1 Å². The fourth-order valence-corrected chi connectivity index (χ4v) is 5.28. The second-order valence-corrected chi connectivity index (χ2v) is 9.54. The Morgan fingerprint density at radius 2 is 1.89 bits per heavy atom. The number of nitrogens with zero attached hydrogens (tertiary/aromatic N) is 4. The third-order valence-electron chi connectivity index (χ3n) is 4.96. The maximum Gasteiger partial charge on any atom is 0.243 e. The van der Waals surface area contributed by atoms with Crippen molar-refractivity contribution in [3.63, 3.8) is 0 Å². The van der Waals surface area contributed by atoms with E-state index in [0.717, 1.165) is 10.2 Å². The van der Waals surface area contributed by atoms with E-state index in [1.165, 1.54) is 4.31 Å². The van der Waals surface area contributed by atoms with Gasteiger partial charge in [0.25, 0.3) is 0 Å². The predicted molar refractivity (Wildman–Crippen MR) is 105 cm³/mol. The van der Waals surface area contributed by atoms with Crippen molar-refractivity contribution in [2.24, 2.45) is 13.0 Å². The lowest BCUT2D eigenvalue weighted by Crippen LogP contribution is -2.43. The van der Waals surface area contributed by atoms with Crippen LogP contribution in [0.25, 0.3) is 0 Å². The lowest BCUT2D eigenvalue weighted by atomic mass is 9.96. The first-order valence-electron chi connectivity index (χ1n) is 8.77. The van der Waals surface area contributed by atoms with Gasteiger partial charge in [0.15, 0.2) is 0 Å². The molecule has 3 rings (SSSR count). The van der Waals surface area contributed by atoms with Gasteiger partial charge >= 0.3 is 0 Å². The van der Waals surface area contributed by atoms with Gasteiger partial charge in [0.2, 0.25) is 15.9 Å². The molecule has 0 unspecified atom stereocenters. The Bertz CT molecular complexity index is 886. The molecule has 0 atom stereocenters. The molecular weight excluding hydrogens is 432 g/mol. The van der Waals surface area contributed by atoms with Crippen LogP contribution in [-0.2, 0) is 28.4 Å². The minimum absolute atomic E-state index is 0.0415. The normalized spacial score (nSPS) is 16.4. The summed E-state index contributed by atoms with van der Waals surface area (Å²) in [4.78, 5) is 14.8. The molecule has 1 fully saturated rings. The molecule has 0 saturated carbocycles. The molecule has 1 aliphatic rings. The van der Waals surface area contributed by atoms with E-state index >= 15 is 0 Å². The number of amides is 1. The molecule has 1 aliphatic heterocycles. The number of hydrogen-bond donors (Lipinski definition) is 0. The molecule has 146 valence electrons. The lowest BCUT2D eigenvalue weighted by Gasteiger charge is -2.32. The predicted octanol–water partition coefficient (Wildman–Crippen LogP) is 2.24. The first-order valence-corrected chi connectivity index (χ1v) is 11.0. The number of piperidine rings is 1. The van der Waals surface area contributed by atoms with Crippen molar-refractivity contribution >= 4 is 31.9 Å². The van der Waals surface area contributed by atoms with E-state index in [0.29, 0.717) is 37.4 Å². The molecule has 0 N–H and O–H groups in total. The molecule has 0 bridgehead atoms. The maximum atomic E-state index is 12.8. The fraction of sp³-hybridized carbons (Fsp3) is 0.444. The highest BCUT2D eigenvalue weighted by Gasteiger charge is 2.33. The van der Waals surface area contributed by atoms with Gasteiger partial charge in [0.05, 0.1) is 27.8 Å². The van der Waals surface area contributed by atoms with Crippen LogP contribution < -0.4 is 0 Å². The van der Waals surface area contributed by atoms with Crippen LogP contribution in [0.1, 0.15) is 18.5 Å². The highest BCUT2D eigenvalue weighted by molar-refractivity contribution is 9.10. The summed E-state index contributed by atoms with van der Waals surface area (Å²) in [6.45, 7) is 1.17. The van der Waals surface area contributed by atoms with E-state index in [-0.39, 0.29) is 11.8 Å². The summed E-state index contributed by atoms with van der Waals surface area (Å²) >= 11 is 3.45. The molecular formula is C18H23BrN4O3S. The van der Waals surface area contributed by atoms with Crippen molar-refractivity contribution in [1.29, 1.82) is 0 Å². The zero-order chi connectivity index (χ0) is 19.6. The number of halogens is 1. The summed E-state index contributed by atoms with van der Waals surface area (Å²) in [6, 6.07) is 8.43. The molecule has 1 aromatic carbocycles. The Morgan fingerprint density at radius 3 is 2.44 bits per heavy atom. The van der Waals surface area contributed by atoms with Crippen LogP contribution in [0.5, 0.6) is 0 Å². The molecule has 0 radical (unpaired) electrons. The van der Waals surface area contributed by atoms with Crippen molar-refractivity contribution in [3.8, 4) is 0 Å². The van der Waals surface area contributed by atoms with E-state index in [1.54, 1.807) is 53.2 Å². The molecule has 7 nitrogen and oxygen atoms in total. The van der Waals surface area contributed by atoms with Crippen molar-refractivity contribution in [2.45, 2.75) is 24.3 Å². The van der Waals surface area contributed by atoms with Crippen LogP contribution in [0.3, 0.4) is 0 Å². The molecule has 2 aromatic rings. The van der Waals surface area contributed by atoms with Crippen LogP contribution in [0.4, 0.5) is 0 Å². The van der Waals surface area contributed by atoms with E-state index in [2.05, 4.69) is 21.0 Å². The Labute approximate surface area is 168 Å². The number of aromatic nitrogens is 2. The number of sulfonamides is 1. The Morgan fingerprint density at radius 1 is 1.26 bits per heavy atom. The topological polar surface area (TPSA) is 75.5 Å². The van der Waals surface area contributed by atoms with Gasteiger partial charge in [-0.25, -0.2) is 8.42 Å². The Balaban J connectivity index is 1.61. The minimum atomic E-state index is -3.49. The molecule has 1 saturated heterocycles. The maximum absolute atomic E-state index is 12.8. The number of rotatable bonds is 5. The largest absolute Gasteiger partial charge is 0.340 e. The van der Waals surface area contributed by atoms with Crippen LogP contribution in [0.2, 0.25) is 0 Å². The van der Waals surface area contributed by atoms with E-state index in [4.69, 9.17) is 0 Å². The van der Waals surface area contributed by atoms with E-state index < -0.39 is 10.0 Å². The van der Waals surface area contributed by atoms with Gasteiger partial charge < -0.3 is 4.90 Å². The number of benzene rings is 1. The number of carbonyl (C=O) groups is 1. The van der Waals surface area contributed by atoms with Crippen molar-refractivity contribution < 1.29 is 13.2 Å². The number of hydrogen-bond acceptors (Lipinski definition) is 4. The first kappa shape index (κ1) is 20.0. The molecule has 0 spiro atoms. The Hall–Kier alpha value is -1.71. The van der Waals surface area contributed by atoms with Crippen LogP contribution in [-0.4, -0.2) is 53.4 Å². The van der Waals surface area contributed by atoms with Crippen LogP contribution >= 0.6 is 15.9 Å². The highest BCUT2D eigenvalue weighted by Crippen LogP contribution is 2.26. The van der Waals surface area contributed by atoms with E-state index in [9.17, 15) is 13.2 Å². The summed E-state index contributed by atoms with van der Waals surface area (Å²) < 4.78 is 29.5. The molecule has 2 heterocycles. The average Bonchev–Trinajstić information content (AvgIpc) is 3.00. The van der Waals surface area contributed by atoms with Gasteiger partial charge in [-0.05, 0) is 40.9 Å².